The summed E-state index contributed by atoms with van der Waals surface area (Å²) in [5.74, 6) is 0.195. The van der Waals surface area contributed by atoms with Crippen LogP contribution in [0.4, 0.5) is 17.3 Å². The molecule has 8 heteroatoms. The summed E-state index contributed by atoms with van der Waals surface area (Å²) in [6, 6.07) is 7.54. The second-order valence-corrected chi connectivity index (χ2v) is 6.48. The van der Waals surface area contributed by atoms with Crippen LogP contribution in [0, 0.1) is 5.92 Å². The predicted octanol–water partition coefficient (Wildman–Crippen LogP) is 2.63. The predicted molar refractivity (Wildman–Crippen MR) is 97.8 cm³/mol. The molecule has 7 nitrogen and oxygen atoms in total. The Morgan fingerprint density at radius 3 is 2.60 bits per heavy atom. The lowest BCUT2D eigenvalue weighted by Crippen LogP contribution is -2.37. The highest BCUT2D eigenvalue weighted by molar-refractivity contribution is 6.30. The van der Waals surface area contributed by atoms with Crippen molar-refractivity contribution in [3.8, 4) is 0 Å². The summed E-state index contributed by atoms with van der Waals surface area (Å²) in [6.07, 6.45) is 2.65. The molecule has 1 saturated heterocycles. The van der Waals surface area contributed by atoms with E-state index < -0.39 is 5.97 Å². The molecule has 0 unspecified atom stereocenters. The lowest BCUT2D eigenvalue weighted by Gasteiger charge is -2.31. The van der Waals surface area contributed by atoms with Gasteiger partial charge in [-0.25, -0.2) is 9.97 Å². The number of rotatable bonds is 5. The van der Waals surface area contributed by atoms with Gasteiger partial charge in [0, 0.05) is 24.7 Å². The number of hydrogen-bond acceptors (Lipinski definition) is 6. The van der Waals surface area contributed by atoms with Gasteiger partial charge >= 0.3 is 5.97 Å². The van der Waals surface area contributed by atoms with Gasteiger partial charge in [-0.3, -0.25) is 4.79 Å². The molecule has 0 bridgehead atoms. The number of carboxylic acids is 1. The molecule has 0 atom stereocenters. The SMILES string of the molecule is Nc1c(NCc2ccc(Cl)cc2)ncnc1N1CCC(C(=O)O)CC1. The molecule has 25 heavy (non-hydrogen) atoms. The Morgan fingerprint density at radius 1 is 1.28 bits per heavy atom. The van der Waals surface area contributed by atoms with E-state index in [1.54, 1.807) is 0 Å². The first-order valence-electron chi connectivity index (χ1n) is 8.11. The number of nitrogens with one attached hydrogen (secondary N) is 1. The zero-order chi connectivity index (χ0) is 17.8. The molecule has 0 spiro atoms. The van der Waals surface area contributed by atoms with Crippen LogP contribution in [0.15, 0.2) is 30.6 Å². The van der Waals surface area contributed by atoms with Crippen LogP contribution in [0.2, 0.25) is 5.02 Å². The van der Waals surface area contributed by atoms with Crippen LogP contribution in [-0.4, -0.2) is 34.1 Å². The molecule has 0 amide bonds. The zero-order valence-corrected chi connectivity index (χ0v) is 14.4. The fourth-order valence-electron chi connectivity index (χ4n) is 2.91. The standard InChI is InChI=1S/C17H20ClN5O2/c18-13-3-1-11(2-4-13)9-20-15-14(19)16(22-10-21-15)23-7-5-12(6-8-23)17(24)25/h1-4,10,12H,5-9,19H2,(H,24,25)(H,20,21,22). The Hall–Kier alpha value is -2.54. The average Bonchev–Trinajstić information content (AvgIpc) is 2.62. The zero-order valence-electron chi connectivity index (χ0n) is 13.7. The van der Waals surface area contributed by atoms with Crippen LogP contribution < -0.4 is 16.0 Å². The minimum atomic E-state index is -0.736. The smallest absolute Gasteiger partial charge is 0.306 e. The maximum Gasteiger partial charge on any atom is 0.306 e. The Kier molecular flexibility index (Phi) is 5.23. The van der Waals surface area contributed by atoms with Gasteiger partial charge in [0.15, 0.2) is 11.6 Å². The molecule has 4 N–H and O–H groups in total. The number of anilines is 3. The van der Waals surface area contributed by atoms with Gasteiger partial charge in [-0.2, -0.15) is 0 Å². The number of nitrogen functional groups attached to an aromatic ring is 1. The number of carboxylic acid groups (broad SMARTS) is 1. The first-order valence-corrected chi connectivity index (χ1v) is 8.49. The fraction of sp³-hybridized carbons (Fsp3) is 0.353. The molecule has 1 fully saturated rings. The Morgan fingerprint density at radius 2 is 1.96 bits per heavy atom. The summed E-state index contributed by atoms with van der Waals surface area (Å²) >= 11 is 5.89. The molecule has 1 aromatic carbocycles. The third kappa shape index (κ3) is 4.11. The molecule has 3 rings (SSSR count). The first kappa shape index (κ1) is 17.3. The Labute approximate surface area is 150 Å². The van der Waals surface area contributed by atoms with Crippen molar-refractivity contribution in [2.24, 2.45) is 5.92 Å². The molecule has 1 aromatic heterocycles. The van der Waals surface area contributed by atoms with Crippen molar-refractivity contribution in [3.05, 3.63) is 41.2 Å². The summed E-state index contributed by atoms with van der Waals surface area (Å²) in [5.41, 5.74) is 7.77. The van der Waals surface area contributed by atoms with Crippen molar-refractivity contribution < 1.29 is 9.90 Å². The van der Waals surface area contributed by atoms with E-state index in [0.717, 1.165) is 5.56 Å². The molecule has 1 aliphatic heterocycles. The number of aliphatic carboxylic acids is 1. The second kappa shape index (κ2) is 7.57. The van der Waals surface area contributed by atoms with Gasteiger partial charge in [-0.1, -0.05) is 23.7 Å². The number of nitrogens with zero attached hydrogens (tertiary/aromatic N) is 3. The van der Waals surface area contributed by atoms with Crippen molar-refractivity contribution in [2.45, 2.75) is 19.4 Å². The largest absolute Gasteiger partial charge is 0.481 e. The van der Waals surface area contributed by atoms with Gasteiger partial charge in [-0.05, 0) is 30.5 Å². The molecule has 2 heterocycles. The molecule has 0 radical (unpaired) electrons. The highest BCUT2D eigenvalue weighted by atomic mass is 35.5. The molecular weight excluding hydrogens is 342 g/mol. The number of nitrogens with two attached hydrogens (primary N) is 1. The van der Waals surface area contributed by atoms with Gasteiger partial charge in [0.2, 0.25) is 0 Å². The van der Waals surface area contributed by atoms with Crippen LogP contribution in [0.25, 0.3) is 0 Å². The van der Waals surface area contributed by atoms with Gasteiger partial charge < -0.3 is 21.1 Å². The maximum atomic E-state index is 11.1. The van der Waals surface area contributed by atoms with Crippen molar-refractivity contribution in [2.75, 3.05) is 29.0 Å². The molecule has 2 aromatic rings. The van der Waals surface area contributed by atoms with Gasteiger partial charge in [-0.15, -0.1) is 0 Å². The van der Waals surface area contributed by atoms with E-state index in [-0.39, 0.29) is 5.92 Å². The average molecular weight is 362 g/mol. The lowest BCUT2D eigenvalue weighted by atomic mass is 9.97. The van der Waals surface area contributed by atoms with Crippen LogP contribution in [0.5, 0.6) is 0 Å². The highest BCUT2D eigenvalue weighted by Gasteiger charge is 2.26. The fourth-order valence-corrected chi connectivity index (χ4v) is 3.03. The van der Waals surface area contributed by atoms with E-state index >= 15 is 0 Å². The van der Waals surface area contributed by atoms with E-state index in [2.05, 4.69) is 15.3 Å². The van der Waals surface area contributed by atoms with Gasteiger partial charge in [0.1, 0.15) is 12.0 Å². The Balaban J connectivity index is 1.68. The first-order chi connectivity index (χ1) is 12.0. The normalized spacial score (nSPS) is 15.2. The van der Waals surface area contributed by atoms with Crippen molar-refractivity contribution in [1.29, 1.82) is 0 Å². The molecular formula is C17H20ClN5O2. The molecule has 0 aliphatic carbocycles. The Bertz CT molecular complexity index is 745. The molecule has 1 aliphatic rings. The van der Waals surface area contributed by atoms with E-state index in [1.807, 2.05) is 29.2 Å². The minimum absolute atomic E-state index is 0.290. The monoisotopic (exact) mass is 361 g/mol. The van der Waals surface area contributed by atoms with Crippen LogP contribution in [0.3, 0.4) is 0 Å². The summed E-state index contributed by atoms with van der Waals surface area (Å²) in [6.45, 7) is 1.81. The number of benzene rings is 1. The maximum absolute atomic E-state index is 11.1. The minimum Gasteiger partial charge on any atom is -0.481 e. The van der Waals surface area contributed by atoms with E-state index in [4.69, 9.17) is 22.4 Å². The summed E-state index contributed by atoms with van der Waals surface area (Å²) in [5, 5.41) is 13.0. The van der Waals surface area contributed by atoms with E-state index in [9.17, 15) is 4.79 Å². The highest BCUT2D eigenvalue weighted by Crippen LogP contribution is 2.30. The van der Waals surface area contributed by atoms with Crippen molar-refractivity contribution >= 4 is 34.9 Å². The van der Waals surface area contributed by atoms with Crippen LogP contribution in [0.1, 0.15) is 18.4 Å². The lowest BCUT2D eigenvalue weighted by molar-refractivity contribution is -0.142. The molecule has 132 valence electrons. The van der Waals surface area contributed by atoms with Gasteiger partial charge in [0.05, 0.1) is 5.92 Å². The van der Waals surface area contributed by atoms with Crippen LogP contribution in [-0.2, 0) is 11.3 Å². The number of piperidine rings is 1. The third-order valence-electron chi connectivity index (χ3n) is 4.38. The van der Waals surface area contributed by atoms with Crippen molar-refractivity contribution in [3.63, 3.8) is 0 Å². The quantitative estimate of drug-likeness (QED) is 0.751. The number of carbonyl (C=O) groups is 1. The number of halogens is 1. The van der Waals surface area contributed by atoms with Crippen LogP contribution >= 0.6 is 11.6 Å². The summed E-state index contributed by atoms with van der Waals surface area (Å²) in [4.78, 5) is 21.6. The van der Waals surface area contributed by atoms with E-state index in [1.165, 1.54) is 6.33 Å². The second-order valence-electron chi connectivity index (χ2n) is 6.04. The van der Waals surface area contributed by atoms with Gasteiger partial charge in [0.25, 0.3) is 0 Å². The summed E-state index contributed by atoms with van der Waals surface area (Å²) < 4.78 is 0. The molecule has 0 saturated carbocycles. The number of hydrogen-bond donors (Lipinski definition) is 3. The summed E-state index contributed by atoms with van der Waals surface area (Å²) in [7, 11) is 0. The topological polar surface area (TPSA) is 104 Å². The van der Waals surface area contributed by atoms with Crippen molar-refractivity contribution in [1.82, 2.24) is 9.97 Å². The number of aromatic nitrogens is 2. The third-order valence-corrected chi connectivity index (χ3v) is 4.63. The van der Waals surface area contributed by atoms with E-state index in [0.29, 0.717) is 54.8 Å².